The van der Waals surface area contributed by atoms with E-state index in [1.165, 1.54) is 32.1 Å². The first-order valence-corrected chi connectivity index (χ1v) is 5.87. The molecule has 3 atom stereocenters. The van der Waals surface area contributed by atoms with Crippen LogP contribution in [0.15, 0.2) is 0 Å². The molecule has 0 amide bonds. The zero-order chi connectivity index (χ0) is 11.3. The van der Waals surface area contributed by atoms with Crippen molar-refractivity contribution in [3.8, 4) is 0 Å². The average Bonchev–Trinajstić information content (AvgIpc) is 2.28. The predicted octanol–water partition coefficient (Wildman–Crippen LogP) is -0.00180. The van der Waals surface area contributed by atoms with Gasteiger partial charge in [-0.15, -0.1) is 0 Å². The van der Waals surface area contributed by atoms with Crippen molar-refractivity contribution >= 4 is 0 Å². The molecule has 0 saturated heterocycles. The Hall–Kier alpha value is -0.160. The Balaban J connectivity index is 2.29. The lowest BCUT2D eigenvalue weighted by molar-refractivity contribution is -0.0298. The van der Waals surface area contributed by atoms with Crippen LogP contribution in [0.2, 0.25) is 0 Å². The highest BCUT2D eigenvalue weighted by molar-refractivity contribution is 4.81. The van der Waals surface area contributed by atoms with Crippen molar-refractivity contribution in [2.45, 2.75) is 56.8 Å². The van der Waals surface area contributed by atoms with E-state index >= 15 is 0 Å². The first kappa shape index (κ1) is 12.9. The molecule has 1 saturated carbocycles. The maximum Gasteiger partial charge on any atom is 0.104 e. The Morgan fingerprint density at radius 2 is 1.73 bits per heavy atom. The molecule has 0 aromatic rings. The summed E-state index contributed by atoms with van der Waals surface area (Å²) >= 11 is 0. The lowest BCUT2D eigenvalue weighted by Crippen LogP contribution is -2.45. The van der Waals surface area contributed by atoms with Crippen LogP contribution in [0.3, 0.4) is 0 Å². The van der Waals surface area contributed by atoms with Crippen molar-refractivity contribution in [1.82, 2.24) is 0 Å². The van der Waals surface area contributed by atoms with Crippen LogP contribution in [0.5, 0.6) is 0 Å². The minimum atomic E-state index is -1.11. The van der Waals surface area contributed by atoms with E-state index in [4.69, 9.17) is 10.8 Å². The number of aliphatic hydroxyl groups is 3. The second kappa shape index (κ2) is 6.43. The molecule has 0 radical (unpaired) electrons. The van der Waals surface area contributed by atoms with Crippen molar-refractivity contribution in [3.63, 3.8) is 0 Å². The van der Waals surface area contributed by atoms with Crippen LogP contribution in [0.25, 0.3) is 0 Å². The molecular weight excluding hydrogens is 194 g/mol. The number of rotatable bonds is 5. The molecule has 4 nitrogen and oxygen atoms in total. The highest BCUT2D eigenvalue weighted by atomic mass is 16.4. The van der Waals surface area contributed by atoms with Gasteiger partial charge in [0.2, 0.25) is 0 Å². The zero-order valence-electron chi connectivity index (χ0n) is 9.18. The van der Waals surface area contributed by atoms with E-state index < -0.39 is 24.9 Å². The number of hydrogen-bond acceptors (Lipinski definition) is 4. The maximum atomic E-state index is 9.58. The Kier molecular flexibility index (Phi) is 5.53. The first-order chi connectivity index (χ1) is 7.15. The summed E-state index contributed by atoms with van der Waals surface area (Å²) in [5.41, 5.74) is 5.80. The molecular formula is C11H23NO3. The SMILES string of the molecule is N[C@@H](CC1CCCCC1)C(O)C(O)CO. The van der Waals surface area contributed by atoms with E-state index in [1.807, 2.05) is 0 Å². The van der Waals surface area contributed by atoms with E-state index in [-0.39, 0.29) is 0 Å². The largest absolute Gasteiger partial charge is 0.394 e. The second-order valence-electron chi connectivity index (χ2n) is 4.64. The van der Waals surface area contributed by atoms with Gasteiger partial charge in [-0.25, -0.2) is 0 Å². The van der Waals surface area contributed by atoms with Gasteiger partial charge in [0.1, 0.15) is 6.10 Å². The van der Waals surface area contributed by atoms with Gasteiger partial charge in [0.05, 0.1) is 12.7 Å². The molecule has 90 valence electrons. The Morgan fingerprint density at radius 3 is 2.27 bits per heavy atom. The minimum absolute atomic E-state index is 0.421. The van der Waals surface area contributed by atoms with Gasteiger partial charge in [0.15, 0.2) is 0 Å². The first-order valence-electron chi connectivity index (χ1n) is 5.87. The monoisotopic (exact) mass is 217 g/mol. The van der Waals surface area contributed by atoms with E-state index in [1.54, 1.807) is 0 Å². The molecule has 4 heteroatoms. The normalized spacial score (nSPS) is 24.8. The topological polar surface area (TPSA) is 86.7 Å². The van der Waals surface area contributed by atoms with Gasteiger partial charge < -0.3 is 21.1 Å². The Morgan fingerprint density at radius 1 is 1.13 bits per heavy atom. The molecule has 0 heterocycles. The van der Waals surface area contributed by atoms with Gasteiger partial charge in [-0.1, -0.05) is 32.1 Å². The van der Waals surface area contributed by atoms with Gasteiger partial charge in [-0.2, -0.15) is 0 Å². The highest BCUT2D eigenvalue weighted by Gasteiger charge is 2.26. The summed E-state index contributed by atoms with van der Waals surface area (Å²) in [4.78, 5) is 0. The molecule has 15 heavy (non-hydrogen) atoms. The van der Waals surface area contributed by atoms with Gasteiger partial charge in [0, 0.05) is 6.04 Å². The number of aliphatic hydroxyl groups excluding tert-OH is 3. The van der Waals surface area contributed by atoms with Crippen LogP contribution >= 0.6 is 0 Å². The predicted molar refractivity (Wildman–Crippen MR) is 58.3 cm³/mol. The van der Waals surface area contributed by atoms with Crippen LogP contribution in [-0.4, -0.2) is 40.2 Å². The van der Waals surface area contributed by atoms with Crippen molar-refractivity contribution in [2.24, 2.45) is 11.7 Å². The van der Waals surface area contributed by atoms with Gasteiger partial charge >= 0.3 is 0 Å². The number of hydrogen-bond donors (Lipinski definition) is 4. The Labute approximate surface area is 91.1 Å². The third-order valence-electron chi connectivity index (χ3n) is 3.35. The van der Waals surface area contributed by atoms with Crippen molar-refractivity contribution < 1.29 is 15.3 Å². The molecule has 0 bridgehead atoms. The molecule has 1 rings (SSSR count). The van der Waals surface area contributed by atoms with E-state index in [2.05, 4.69) is 0 Å². The third-order valence-corrected chi connectivity index (χ3v) is 3.35. The standard InChI is InChI=1S/C11H23NO3/c12-9(11(15)10(14)7-13)6-8-4-2-1-3-5-8/h8-11,13-15H,1-7,12H2/t9-,10?,11?/m0/s1. The van der Waals surface area contributed by atoms with Crippen molar-refractivity contribution in [1.29, 1.82) is 0 Å². The molecule has 1 aliphatic rings. The molecule has 0 aromatic carbocycles. The van der Waals surface area contributed by atoms with Gasteiger partial charge in [0.25, 0.3) is 0 Å². The van der Waals surface area contributed by atoms with Crippen LogP contribution in [0.1, 0.15) is 38.5 Å². The van der Waals surface area contributed by atoms with E-state index in [0.717, 1.165) is 6.42 Å². The van der Waals surface area contributed by atoms with Gasteiger partial charge in [-0.3, -0.25) is 0 Å². The quantitative estimate of drug-likeness (QED) is 0.522. The molecule has 0 aliphatic heterocycles. The van der Waals surface area contributed by atoms with Crippen molar-refractivity contribution in [2.75, 3.05) is 6.61 Å². The molecule has 1 aliphatic carbocycles. The molecule has 5 N–H and O–H groups in total. The molecule has 0 aromatic heterocycles. The van der Waals surface area contributed by atoms with Crippen LogP contribution < -0.4 is 5.73 Å². The fourth-order valence-corrected chi connectivity index (χ4v) is 2.34. The highest BCUT2D eigenvalue weighted by Crippen LogP contribution is 2.27. The minimum Gasteiger partial charge on any atom is -0.394 e. The third kappa shape index (κ3) is 4.07. The fourth-order valence-electron chi connectivity index (χ4n) is 2.34. The summed E-state index contributed by atoms with van der Waals surface area (Å²) in [6.45, 7) is -0.431. The Bertz CT molecular complexity index is 171. The van der Waals surface area contributed by atoms with Gasteiger partial charge in [-0.05, 0) is 12.3 Å². The van der Waals surface area contributed by atoms with Crippen LogP contribution in [0.4, 0.5) is 0 Å². The maximum absolute atomic E-state index is 9.58. The lowest BCUT2D eigenvalue weighted by Gasteiger charge is -2.28. The smallest absolute Gasteiger partial charge is 0.104 e. The van der Waals surface area contributed by atoms with E-state index in [9.17, 15) is 10.2 Å². The second-order valence-corrected chi connectivity index (χ2v) is 4.64. The number of nitrogens with two attached hydrogens (primary N) is 1. The van der Waals surface area contributed by atoms with Crippen LogP contribution in [0, 0.1) is 5.92 Å². The van der Waals surface area contributed by atoms with Crippen LogP contribution in [-0.2, 0) is 0 Å². The summed E-state index contributed by atoms with van der Waals surface area (Å²) in [5, 5.41) is 27.5. The van der Waals surface area contributed by atoms with E-state index in [0.29, 0.717) is 5.92 Å². The summed E-state index contributed by atoms with van der Waals surface area (Å²) in [7, 11) is 0. The molecule has 0 spiro atoms. The average molecular weight is 217 g/mol. The zero-order valence-corrected chi connectivity index (χ0v) is 9.18. The summed E-state index contributed by atoms with van der Waals surface area (Å²) in [6, 6.07) is -0.421. The fraction of sp³-hybridized carbons (Fsp3) is 1.00. The van der Waals surface area contributed by atoms with Crippen molar-refractivity contribution in [3.05, 3.63) is 0 Å². The lowest BCUT2D eigenvalue weighted by atomic mass is 9.83. The summed E-state index contributed by atoms with van der Waals surface area (Å²) in [6.07, 6.45) is 4.78. The molecule has 2 unspecified atom stereocenters. The summed E-state index contributed by atoms with van der Waals surface area (Å²) in [5.74, 6) is 0.578. The molecule has 1 fully saturated rings. The summed E-state index contributed by atoms with van der Waals surface area (Å²) < 4.78 is 0.